The summed E-state index contributed by atoms with van der Waals surface area (Å²) in [5.74, 6) is -6.19. The molecule has 0 aliphatic rings. The van der Waals surface area contributed by atoms with Crippen LogP contribution in [0.5, 0.6) is 0 Å². The summed E-state index contributed by atoms with van der Waals surface area (Å²) in [5, 5.41) is -5.42. The van der Waals surface area contributed by atoms with Crippen molar-refractivity contribution in [1.29, 1.82) is 0 Å². The molecule has 0 saturated carbocycles. The molecule has 102 valence electrons. The average molecular weight is 304 g/mol. The van der Waals surface area contributed by atoms with E-state index in [1.165, 1.54) is 13.8 Å². The number of rotatable bonds is 3. The van der Waals surface area contributed by atoms with Gasteiger partial charge in [0.15, 0.2) is 0 Å². The van der Waals surface area contributed by atoms with Crippen LogP contribution < -0.4 is 0 Å². The highest BCUT2D eigenvalue weighted by Crippen LogP contribution is 2.52. The van der Waals surface area contributed by atoms with Crippen molar-refractivity contribution in [3.63, 3.8) is 0 Å². The summed E-state index contributed by atoms with van der Waals surface area (Å²) >= 11 is 3.00. The second kappa shape index (κ2) is 5.17. The van der Waals surface area contributed by atoms with Gasteiger partial charge in [0.25, 0.3) is 0 Å². The zero-order chi connectivity index (χ0) is 14.1. The van der Waals surface area contributed by atoms with E-state index in [1.54, 1.807) is 0 Å². The molecular weight excluding hydrogens is 297 g/mol. The van der Waals surface area contributed by atoms with Gasteiger partial charge in [-0.05, 0) is 26.1 Å². The van der Waals surface area contributed by atoms with Gasteiger partial charge in [-0.1, -0.05) is 0 Å². The largest absolute Gasteiger partial charge is 0.476 e. The lowest BCUT2D eigenvalue weighted by Crippen LogP contribution is -2.50. The minimum absolute atomic E-state index is 0.703. The van der Waals surface area contributed by atoms with Crippen LogP contribution in [0.4, 0.5) is 30.7 Å². The predicted octanol–water partition coefficient (Wildman–Crippen LogP) is 4.22. The summed E-state index contributed by atoms with van der Waals surface area (Å²) in [6, 6.07) is 0. The molecule has 1 nitrogen and oxygen atoms in total. The first kappa shape index (κ1) is 16.8. The first-order chi connectivity index (χ1) is 7.31. The van der Waals surface area contributed by atoms with Crippen molar-refractivity contribution >= 4 is 28.4 Å². The minimum Gasteiger partial charge on any atom is -0.476 e. The number of ether oxygens (including phenoxy) is 1. The molecule has 17 heavy (non-hydrogen) atoms. The molecule has 0 radical (unpaired) electrons. The van der Waals surface area contributed by atoms with E-state index in [1.807, 2.05) is 0 Å². The lowest BCUT2D eigenvalue weighted by molar-refractivity contribution is -0.330. The van der Waals surface area contributed by atoms with Crippen LogP contribution in [-0.4, -0.2) is 27.8 Å². The molecule has 0 N–H and O–H groups in total. The summed E-state index contributed by atoms with van der Waals surface area (Å²) in [6.45, 7) is 2.71. The molecule has 0 atom stereocenters. The van der Waals surface area contributed by atoms with Crippen molar-refractivity contribution in [2.75, 3.05) is 0 Å². The molecule has 0 aliphatic carbocycles. The van der Waals surface area contributed by atoms with Crippen LogP contribution in [-0.2, 0) is 4.74 Å². The molecule has 0 rings (SSSR count). The Bertz CT molecular complexity index is 286. The fourth-order valence-corrected chi connectivity index (χ4v) is 1.75. The van der Waals surface area contributed by atoms with E-state index in [-0.39, 0.29) is 0 Å². The van der Waals surface area contributed by atoms with Crippen LogP contribution in [0.25, 0.3) is 0 Å². The summed E-state index contributed by atoms with van der Waals surface area (Å²) in [5.41, 5.74) is 0. The topological polar surface area (TPSA) is 9.23 Å². The molecule has 10 heteroatoms. The van der Waals surface area contributed by atoms with Crippen molar-refractivity contribution in [1.82, 2.24) is 0 Å². The zero-order valence-electron chi connectivity index (χ0n) is 8.45. The van der Waals surface area contributed by atoms with Gasteiger partial charge in [-0.15, -0.1) is 0 Å². The van der Waals surface area contributed by atoms with Gasteiger partial charge in [-0.25, -0.2) is 0 Å². The standard InChI is InChI=1S/C7H7F7OS2/c1-3(2)15-4(16)17-7(13,14)5(8,9)6(10,11)12/h3H,1-2H3. The quantitative estimate of drug-likeness (QED) is 0.571. The zero-order valence-corrected chi connectivity index (χ0v) is 10.1. The fraction of sp³-hybridized carbons (Fsp3) is 0.857. The van der Waals surface area contributed by atoms with E-state index in [4.69, 9.17) is 0 Å². The van der Waals surface area contributed by atoms with Crippen LogP contribution in [0.1, 0.15) is 13.8 Å². The van der Waals surface area contributed by atoms with Gasteiger partial charge in [0.2, 0.25) is 4.38 Å². The van der Waals surface area contributed by atoms with Crippen LogP contribution in [0.15, 0.2) is 0 Å². The second-order valence-corrected chi connectivity index (χ2v) is 4.82. The maximum Gasteiger partial charge on any atom is 0.460 e. The SMILES string of the molecule is CC(C)OC(=S)SC(F)(F)C(F)(F)C(F)(F)F. The summed E-state index contributed by atoms with van der Waals surface area (Å²) in [7, 11) is 0. The number of hydrogen-bond donors (Lipinski definition) is 0. The molecule has 0 aliphatic heterocycles. The van der Waals surface area contributed by atoms with E-state index in [9.17, 15) is 30.7 Å². The van der Waals surface area contributed by atoms with E-state index in [0.717, 1.165) is 0 Å². The summed E-state index contributed by atoms with van der Waals surface area (Å²) in [4.78, 5) is 0. The third-order valence-electron chi connectivity index (χ3n) is 1.26. The highest BCUT2D eigenvalue weighted by molar-refractivity contribution is 8.23. The molecule has 0 saturated heterocycles. The molecule has 0 amide bonds. The van der Waals surface area contributed by atoms with E-state index in [2.05, 4.69) is 17.0 Å². The molecule has 0 heterocycles. The summed E-state index contributed by atoms with van der Waals surface area (Å²) in [6.07, 6.45) is -7.07. The van der Waals surface area contributed by atoms with Gasteiger partial charge in [0.05, 0.1) is 6.10 Å². The highest BCUT2D eigenvalue weighted by Gasteiger charge is 2.74. The van der Waals surface area contributed by atoms with Crippen LogP contribution in [0, 0.1) is 0 Å². The normalized spacial score (nSPS) is 14.0. The smallest absolute Gasteiger partial charge is 0.460 e. The van der Waals surface area contributed by atoms with Gasteiger partial charge < -0.3 is 4.74 Å². The Labute approximate surface area is 102 Å². The molecular formula is C7H7F7OS2. The fourth-order valence-electron chi connectivity index (χ4n) is 0.550. The van der Waals surface area contributed by atoms with Gasteiger partial charge in [-0.2, -0.15) is 30.7 Å². The number of thioether (sulfide) groups is 1. The number of hydrogen-bond acceptors (Lipinski definition) is 3. The average Bonchev–Trinajstić information content (AvgIpc) is 1.97. The Morgan fingerprint density at radius 3 is 1.76 bits per heavy atom. The van der Waals surface area contributed by atoms with Crippen molar-refractivity contribution in [3.05, 3.63) is 0 Å². The summed E-state index contributed by atoms with van der Waals surface area (Å²) < 4.78 is 88.7. The van der Waals surface area contributed by atoms with Gasteiger partial charge >= 0.3 is 17.4 Å². The molecule has 0 aromatic rings. The van der Waals surface area contributed by atoms with Crippen LogP contribution >= 0.6 is 24.0 Å². The van der Waals surface area contributed by atoms with E-state index < -0.39 is 39.6 Å². The Morgan fingerprint density at radius 2 is 1.47 bits per heavy atom. The van der Waals surface area contributed by atoms with E-state index >= 15 is 0 Å². The maximum atomic E-state index is 12.7. The Kier molecular flexibility index (Phi) is 5.09. The van der Waals surface area contributed by atoms with Crippen LogP contribution in [0.3, 0.4) is 0 Å². The Balaban J connectivity index is 4.85. The molecule has 0 aromatic carbocycles. The predicted molar refractivity (Wildman–Crippen MR) is 52.4 cm³/mol. The van der Waals surface area contributed by atoms with Gasteiger partial charge in [0.1, 0.15) is 0 Å². The molecule has 0 spiro atoms. The van der Waals surface area contributed by atoms with Crippen molar-refractivity contribution in [2.45, 2.75) is 37.3 Å². The lowest BCUT2D eigenvalue weighted by atomic mass is 10.3. The second-order valence-electron chi connectivity index (χ2n) is 3.11. The highest BCUT2D eigenvalue weighted by atomic mass is 32.2. The molecule has 0 fully saturated rings. The minimum atomic E-state index is -6.36. The Hall–Kier alpha value is -0.250. The van der Waals surface area contributed by atoms with Crippen molar-refractivity contribution < 1.29 is 35.5 Å². The molecule has 0 bridgehead atoms. The molecule has 0 unspecified atom stereocenters. The maximum absolute atomic E-state index is 12.7. The Morgan fingerprint density at radius 1 is 1.06 bits per heavy atom. The third-order valence-corrected chi connectivity index (χ3v) is 2.39. The van der Waals surface area contributed by atoms with Gasteiger partial charge in [0, 0.05) is 11.8 Å². The first-order valence-corrected chi connectivity index (χ1v) is 5.25. The monoisotopic (exact) mass is 304 g/mol. The number of halogens is 7. The lowest BCUT2D eigenvalue weighted by Gasteiger charge is -2.27. The van der Waals surface area contributed by atoms with Crippen molar-refractivity contribution in [3.8, 4) is 0 Å². The van der Waals surface area contributed by atoms with E-state index in [0.29, 0.717) is 0 Å². The molecule has 0 aromatic heterocycles. The third kappa shape index (κ3) is 4.16. The number of thiocarbonyl (C=S) groups is 1. The first-order valence-electron chi connectivity index (χ1n) is 4.03. The van der Waals surface area contributed by atoms with Crippen molar-refractivity contribution in [2.24, 2.45) is 0 Å². The van der Waals surface area contributed by atoms with Gasteiger partial charge in [-0.3, -0.25) is 0 Å². The number of alkyl halides is 7. The van der Waals surface area contributed by atoms with Crippen LogP contribution in [0.2, 0.25) is 0 Å².